The van der Waals surface area contributed by atoms with Crippen LogP contribution in [0, 0.1) is 0 Å². The van der Waals surface area contributed by atoms with Gasteiger partial charge in [-0.3, -0.25) is 4.90 Å². The number of rotatable bonds is 4. The van der Waals surface area contributed by atoms with Crippen molar-refractivity contribution < 1.29 is 18.8 Å². The Balaban J connectivity index is 3.48. The van der Waals surface area contributed by atoms with Crippen LogP contribution in [0.25, 0.3) is 0 Å². The smallest absolute Gasteiger partial charge is 0.120 e. The van der Waals surface area contributed by atoms with Crippen molar-refractivity contribution in [2.45, 2.75) is 20.2 Å². The van der Waals surface area contributed by atoms with Gasteiger partial charge in [-0.05, 0) is 31.2 Å². The van der Waals surface area contributed by atoms with Gasteiger partial charge in [-0.25, -0.2) is 0 Å². The molecular weight excluding hydrogens is 176 g/mol. The molecule has 1 aromatic rings. The number of benzene rings is 1. The molecule has 1 aromatic carbocycles. The first-order valence-corrected chi connectivity index (χ1v) is 3.87. The Morgan fingerprint density at radius 2 is 2.21 bits per heavy atom. The Labute approximate surface area is 99.2 Å². The van der Waals surface area contributed by atoms with E-state index in [0.29, 0.717) is 0 Å². The summed E-state index contributed by atoms with van der Waals surface area (Å²) >= 11 is 0. The van der Waals surface area contributed by atoms with Gasteiger partial charge in [0.2, 0.25) is 0 Å². The summed E-state index contributed by atoms with van der Waals surface area (Å²) in [5.74, 6) is -0.392. The molecule has 0 atom stereocenters. The highest BCUT2D eigenvalue weighted by Gasteiger charge is 2.05. The van der Waals surface area contributed by atoms with Gasteiger partial charge in [0.25, 0.3) is 0 Å². The van der Waals surface area contributed by atoms with Gasteiger partial charge in [0, 0.05) is 31.5 Å². The first kappa shape index (κ1) is 3.42. The average Bonchev–Trinajstić information content (AvgIpc) is 2.36. The summed E-state index contributed by atoms with van der Waals surface area (Å²) in [6.07, 6.45) is 0. The molecule has 0 aliphatic carbocycles. The molecule has 0 bridgehead atoms. The number of phenolic OH excluding ortho intramolecular Hbond substituents is 1. The molecule has 14 heavy (non-hydrogen) atoms. The average molecular weight is 204 g/mol. The molecule has 78 valence electrons. The second kappa shape index (κ2) is 4.86. The highest BCUT2D eigenvalue weighted by atomic mass is 16.3. The third-order valence-corrected chi connectivity index (χ3v) is 1.70. The fourth-order valence-electron chi connectivity index (χ4n) is 1.01. The molecule has 3 N–H and O–H groups in total. The minimum absolute atomic E-state index is 0.0640. The van der Waals surface area contributed by atoms with E-state index in [9.17, 15) is 5.11 Å². The van der Waals surface area contributed by atoms with E-state index in [1.54, 1.807) is 0 Å². The SMILES string of the molecule is [2H]C([2H])([2H])C([2H])([2H])N(Cc1cc(N)ccc1O)C([2H])([2H])C([2H])([2H])[2H]. The highest BCUT2D eigenvalue weighted by Crippen LogP contribution is 2.21. The van der Waals surface area contributed by atoms with Crippen molar-refractivity contribution in [3.8, 4) is 5.75 Å². The second-order valence-corrected chi connectivity index (χ2v) is 2.70. The topological polar surface area (TPSA) is 49.5 Å². The van der Waals surface area contributed by atoms with E-state index in [2.05, 4.69) is 0 Å². The van der Waals surface area contributed by atoms with Crippen molar-refractivity contribution in [1.82, 2.24) is 4.90 Å². The number of anilines is 1. The van der Waals surface area contributed by atoms with Gasteiger partial charge in [-0.1, -0.05) is 13.7 Å². The van der Waals surface area contributed by atoms with Crippen LogP contribution >= 0.6 is 0 Å². The monoisotopic (exact) mass is 204 g/mol. The van der Waals surface area contributed by atoms with E-state index < -0.39 is 39.0 Å². The van der Waals surface area contributed by atoms with Gasteiger partial charge in [0.05, 0.1) is 0 Å². The predicted molar refractivity (Wildman–Crippen MR) is 59.1 cm³/mol. The summed E-state index contributed by atoms with van der Waals surface area (Å²) in [5.41, 5.74) is 5.61. The van der Waals surface area contributed by atoms with Crippen LogP contribution in [0.5, 0.6) is 5.75 Å². The molecule has 0 aliphatic rings. The van der Waals surface area contributed by atoms with Gasteiger partial charge in [-0.2, -0.15) is 0 Å². The lowest BCUT2D eigenvalue weighted by atomic mass is 10.1. The lowest BCUT2D eigenvalue weighted by molar-refractivity contribution is 0.291. The van der Waals surface area contributed by atoms with Crippen LogP contribution in [0.4, 0.5) is 5.69 Å². The fourth-order valence-corrected chi connectivity index (χ4v) is 1.01. The molecule has 0 fully saturated rings. The molecule has 0 radical (unpaired) electrons. The second-order valence-electron chi connectivity index (χ2n) is 2.70. The molecule has 0 saturated heterocycles. The number of nitrogens with zero attached hydrogens (tertiary/aromatic N) is 1. The van der Waals surface area contributed by atoms with Crippen molar-refractivity contribution in [1.29, 1.82) is 0 Å². The lowest BCUT2D eigenvalue weighted by Crippen LogP contribution is -2.22. The van der Waals surface area contributed by atoms with Crippen LogP contribution in [0.15, 0.2) is 18.2 Å². The Bertz CT molecular complexity index is 569. The minimum atomic E-state index is -3.33. The van der Waals surface area contributed by atoms with Gasteiger partial charge in [0.1, 0.15) is 5.75 Å². The van der Waals surface area contributed by atoms with E-state index in [1.165, 1.54) is 18.2 Å². The van der Waals surface area contributed by atoms with Crippen molar-refractivity contribution >= 4 is 5.69 Å². The molecule has 0 heterocycles. The normalized spacial score (nSPS) is 25.2. The molecule has 1 rings (SSSR count). The van der Waals surface area contributed by atoms with Crippen molar-refractivity contribution in [2.24, 2.45) is 0 Å². The Morgan fingerprint density at radius 3 is 2.86 bits per heavy atom. The fraction of sp³-hybridized carbons (Fsp3) is 0.455. The third kappa shape index (κ3) is 2.64. The highest BCUT2D eigenvalue weighted by molar-refractivity contribution is 5.47. The maximum atomic E-state index is 9.81. The van der Waals surface area contributed by atoms with Crippen LogP contribution in [0.2, 0.25) is 0 Å². The van der Waals surface area contributed by atoms with Crippen molar-refractivity contribution in [3.63, 3.8) is 0 Å². The van der Waals surface area contributed by atoms with Crippen LogP contribution in [-0.4, -0.2) is 23.0 Å². The number of hydrogen-bond acceptors (Lipinski definition) is 3. The van der Waals surface area contributed by atoms with E-state index in [1.807, 2.05) is 0 Å². The van der Waals surface area contributed by atoms with E-state index in [4.69, 9.17) is 19.4 Å². The standard InChI is InChI=1S/C11H18N2O/c1-3-13(4-2)8-9-7-10(12)5-6-11(9)14/h5-7,14H,3-4,8,12H2,1-2H3/i1D3,2D3,3D2,4D2. The predicted octanol–water partition coefficient (Wildman–Crippen LogP) is 1.82. The molecule has 0 aromatic heterocycles. The summed E-state index contributed by atoms with van der Waals surface area (Å²) in [6, 6.07) is 3.69. The van der Waals surface area contributed by atoms with Gasteiger partial charge in [-0.15, -0.1) is 0 Å². The molecule has 0 spiro atoms. The van der Waals surface area contributed by atoms with E-state index >= 15 is 0 Å². The summed E-state index contributed by atoms with van der Waals surface area (Å²) in [4.78, 5) is 0.0640. The summed E-state index contributed by atoms with van der Waals surface area (Å²) in [7, 11) is 0. The zero-order valence-corrected chi connectivity index (χ0v) is 7.41. The minimum Gasteiger partial charge on any atom is -0.508 e. The Morgan fingerprint density at radius 1 is 1.50 bits per heavy atom. The molecular formula is C11H18N2O. The molecule has 0 amide bonds. The van der Waals surface area contributed by atoms with Gasteiger partial charge in [0.15, 0.2) is 0 Å². The number of hydrogen-bond donors (Lipinski definition) is 2. The first-order valence-electron chi connectivity index (χ1n) is 8.87. The molecule has 0 aliphatic heterocycles. The maximum Gasteiger partial charge on any atom is 0.120 e. The quantitative estimate of drug-likeness (QED) is 0.581. The number of aromatic hydroxyl groups is 1. The molecule has 0 saturated carbocycles. The zero-order valence-electron chi connectivity index (χ0n) is 17.4. The summed E-state index contributed by atoms with van der Waals surface area (Å²) < 4.78 is 74.8. The van der Waals surface area contributed by atoms with Gasteiger partial charge < -0.3 is 10.8 Å². The maximum absolute atomic E-state index is 9.81. The Hall–Kier alpha value is -1.22. The number of phenols is 1. The van der Waals surface area contributed by atoms with E-state index in [0.717, 1.165) is 0 Å². The lowest BCUT2D eigenvalue weighted by Gasteiger charge is -2.18. The van der Waals surface area contributed by atoms with E-state index in [-0.39, 0.29) is 16.2 Å². The molecule has 3 heteroatoms. The molecule has 0 unspecified atom stereocenters. The first-order chi connectivity index (χ1) is 10.5. The third-order valence-electron chi connectivity index (χ3n) is 1.70. The number of nitrogen functional groups attached to an aromatic ring is 1. The summed E-state index contributed by atoms with van der Waals surface area (Å²) in [6.45, 7) is -14.1. The van der Waals surface area contributed by atoms with Gasteiger partial charge >= 0.3 is 0 Å². The summed E-state index contributed by atoms with van der Waals surface area (Å²) in [5, 5.41) is 9.81. The van der Waals surface area contributed by atoms with Crippen LogP contribution < -0.4 is 5.73 Å². The largest absolute Gasteiger partial charge is 0.508 e. The Kier molecular flexibility index (Phi) is 1.19. The zero-order chi connectivity index (χ0) is 19.1. The number of nitrogens with two attached hydrogens (primary N) is 1. The van der Waals surface area contributed by atoms with Crippen LogP contribution in [0.1, 0.15) is 33.0 Å². The van der Waals surface area contributed by atoms with Crippen molar-refractivity contribution in [3.05, 3.63) is 23.8 Å². The van der Waals surface area contributed by atoms with Crippen LogP contribution in [0.3, 0.4) is 0 Å². The molecule has 3 nitrogen and oxygen atoms in total. The van der Waals surface area contributed by atoms with Crippen molar-refractivity contribution in [2.75, 3.05) is 18.7 Å². The van der Waals surface area contributed by atoms with Crippen LogP contribution in [-0.2, 0) is 6.54 Å².